The van der Waals surface area contributed by atoms with E-state index in [2.05, 4.69) is 12.2 Å². The van der Waals surface area contributed by atoms with E-state index in [0.29, 0.717) is 35.4 Å². The van der Waals surface area contributed by atoms with Gasteiger partial charge >= 0.3 is 0 Å². The van der Waals surface area contributed by atoms with E-state index in [4.69, 9.17) is 15.2 Å². The molecule has 2 aliphatic rings. The van der Waals surface area contributed by atoms with Gasteiger partial charge in [0.1, 0.15) is 18.2 Å². The number of hydrogen-bond acceptors (Lipinski definition) is 6. The van der Waals surface area contributed by atoms with Crippen molar-refractivity contribution in [1.29, 1.82) is 0 Å². The molecule has 0 unspecified atom stereocenters. The molecule has 2 amide bonds. The molecule has 4 rings (SSSR count). The maximum Gasteiger partial charge on any atom is 0.251 e. The number of thioether (sulfide) groups is 1. The third-order valence-corrected chi connectivity index (χ3v) is 7.06. The summed E-state index contributed by atoms with van der Waals surface area (Å²) in [6.07, 6.45) is 2.81. The van der Waals surface area contributed by atoms with Crippen LogP contribution in [0.25, 0.3) is 0 Å². The molecule has 148 valence electrons. The van der Waals surface area contributed by atoms with Crippen LogP contribution in [0.2, 0.25) is 0 Å². The summed E-state index contributed by atoms with van der Waals surface area (Å²) in [6, 6.07) is 5.65. The van der Waals surface area contributed by atoms with Crippen LogP contribution < -0.4 is 20.5 Å². The van der Waals surface area contributed by atoms with Gasteiger partial charge in [-0.15, -0.1) is 23.1 Å². The Kier molecular flexibility index (Phi) is 5.50. The van der Waals surface area contributed by atoms with Crippen molar-refractivity contribution in [3.63, 3.8) is 0 Å². The topological polar surface area (TPSA) is 90.7 Å². The van der Waals surface area contributed by atoms with E-state index in [0.717, 1.165) is 35.5 Å². The molecule has 1 atom stereocenters. The fourth-order valence-corrected chi connectivity index (χ4v) is 5.68. The van der Waals surface area contributed by atoms with E-state index in [1.165, 1.54) is 28.0 Å². The van der Waals surface area contributed by atoms with Crippen LogP contribution in [-0.2, 0) is 17.6 Å². The van der Waals surface area contributed by atoms with Crippen molar-refractivity contribution in [2.45, 2.75) is 31.1 Å². The molecule has 6 nitrogen and oxygen atoms in total. The Bertz CT molecular complexity index is 925. The third-order valence-electron chi connectivity index (χ3n) is 4.89. The van der Waals surface area contributed by atoms with Gasteiger partial charge in [-0.25, -0.2) is 0 Å². The largest absolute Gasteiger partial charge is 0.486 e. The molecule has 0 spiro atoms. The first-order valence-corrected chi connectivity index (χ1v) is 11.1. The van der Waals surface area contributed by atoms with E-state index in [1.807, 2.05) is 18.2 Å². The predicted molar refractivity (Wildman–Crippen MR) is 111 cm³/mol. The zero-order valence-electron chi connectivity index (χ0n) is 15.6. The lowest BCUT2D eigenvalue weighted by atomic mass is 9.88. The van der Waals surface area contributed by atoms with Crippen LogP contribution in [0.15, 0.2) is 23.1 Å². The second-order valence-corrected chi connectivity index (χ2v) is 9.22. The number of benzene rings is 1. The van der Waals surface area contributed by atoms with Crippen molar-refractivity contribution in [1.82, 2.24) is 0 Å². The maximum atomic E-state index is 12.5. The fourth-order valence-electron chi connectivity index (χ4n) is 3.52. The molecule has 28 heavy (non-hydrogen) atoms. The van der Waals surface area contributed by atoms with Gasteiger partial charge in [0.15, 0.2) is 11.5 Å². The first-order valence-electron chi connectivity index (χ1n) is 9.28. The molecule has 8 heteroatoms. The highest BCUT2D eigenvalue weighted by Crippen LogP contribution is 2.39. The summed E-state index contributed by atoms with van der Waals surface area (Å²) in [5.74, 6) is 1.62. The summed E-state index contributed by atoms with van der Waals surface area (Å²) >= 11 is 2.90. The summed E-state index contributed by atoms with van der Waals surface area (Å²) < 4.78 is 11.1. The van der Waals surface area contributed by atoms with Crippen LogP contribution in [-0.4, -0.2) is 30.8 Å². The van der Waals surface area contributed by atoms with Crippen molar-refractivity contribution in [2.75, 3.05) is 24.3 Å². The number of nitrogens with one attached hydrogen (secondary N) is 1. The normalized spacial score (nSPS) is 17.7. The second kappa shape index (κ2) is 8.05. The van der Waals surface area contributed by atoms with Gasteiger partial charge in [0.25, 0.3) is 5.91 Å². The molecule has 3 N–H and O–H groups in total. The van der Waals surface area contributed by atoms with Crippen LogP contribution in [0.5, 0.6) is 11.5 Å². The Balaban J connectivity index is 1.43. The maximum absolute atomic E-state index is 12.5. The van der Waals surface area contributed by atoms with Gasteiger partial charge in [0.2, 0.25) is 5.91 Å². The zero-order valence-corrected chi connectivity index (χ0v) is 17.2. The number of rotatable bonds is 5. The molecule has 1 aliphatic carbocycles. The highest BCUT2D eigenvalue weighted by atomic mass is 32.2. The molecule has 0 saturated heterocycles. The van der Waals surface area contributed by atoms with Gasteiger partial charge in [-0.1, -0.05) is 6.92 Å². The summed E-state index contributed by atoms with van der Waals surface area (Å²) in [7, 11) is 0. The molecule has 1 aliphatic heterocycles. The lowest BCUT2D eigenvalue weighted by Crippen LogP contribution is -2.20. The van der Waals surface area contributed by atoms with E-state index in [1.54, 1.807) is 0 Å². The minimum atomic E-state index is -0.471. The summed E-state index contributed by atoms with van der Waals surface area (Å²) in [5, 5.41) is 3.48. The molecule has 0 saturated carbocycles. The molecule has 0 radical (unpaired) electrons. The van der Waals surface area contributed by atoms with E-state index < -0.39 is 5.91 Å². The monoisotopic (exact) mass is 418 g/mol. The first-order chi connectivity index (χ1) is 13.5. The molecule has 0 fully saturated rings. The Labute approximate surface area is 171 Å². The first kappa shape index (κ1) is 19.1. The van der Waals surface area contributed by atoms with Gasteiger partial charge in [0, 0.05) is 9.77 Å². The van der Waals surface area contributed by atoms with E-state index >= 15 is 0 Å². The SMILES string of the molecule is C[C@H]1CCc2c(sc(NC(=O)CSc3ccc4c(c3)OCCO4)c2C(N)=O)C1. The van der Waals surface area contributed by atoms with Crippen LogP contribution in [0.3, 0.4) is 0 Å². The molecule has 1 aromatic carbocycles. The number of amides is 2. The predicted octanol–water partition coefficient (Wildman–Crippen LogP) is 3.47. The number of hydrogen-bond donors (Lipinski definition) is 2. The Morgan fingerprint density at radius 3 is 2.86 bits per heavy atom. The summed E-state index contributed by atoms with van der Waals surface area (Å²) in [4.78, 5) is 26.6. The Morgan fingerprint density at radius 2 is 2.07 bits per heavy atom. The Hall–Kier alpha value is -2.19. The minimum Gasteiger partial charge on any atom is -0.486 e. The zero-order chi connectivity index (χ0) is 19.7. The molecular formula is C20H22N2O4S2. The summed E-state index contributed by atoms with van der Waals surface area (Å²) in [5.41, 5.74) is 7.12. The van der Waals surface area contributed by atoms with E-state index in [9.17, 15) is 9.59 Å². The number of ether oxygens (including phenoxy) is 2. The number of primary amides is 1. The average molecular weight is 419 g/mol. The fraction of sp³-hybridized carbons (Fsp3) is 0.400. The average Bonchev–Trinajstić information content (AvgIpc) is 3.03. The van der Waals surface area contributed by atoms with Gasteiger partial charge < -0.3 is 20.5 Å². The van der Waals surface area contributed by atoms with Gasteiger partial charge in [-0.3, -0.25) is 9.59 Å². The van der Waals surface area contributed by atoms with Crippen molar-refractivity contribution in [2.24, 2.45) is 11.7 Å². The Morgan fingerprint density at radius 1 is 1.29 bits per heavy atom. The molecule has 1 aromatic heterocycles. The van der Waals surface area contributed by atoms with Gasteiger partial charge in [-0.2, -0.15) is 0 Å². The third kappa shape index (κ3) is 3.98. The van der Waals surface area contributed by atoms with Crippen LogP contribution in [0.1, 0.15) is 34.1 Å². The van der Waals surface area contributed by atoms with Crippen molar-refractivity contribution < 1.29 is 19.1 Å². The number of thiophene rings is 1. The van der Waals surface area contributed by atoms with Crippen LogP contribution in [0, 0.1) is 5.92 Å². The van der Waals surface area contributed by atoms with Crippen LogP contribution >= 0.6 is 23.1 Å². The van der Waals surface area contributed by atoms with Crippen LogP contribution in [0.4, 0.5) is 5.00 Å². The van der Waals surface area contributed by atoms with Crippen molar-refractivity contribution in [3.8, 4) is 11.5 Å². The lowest BCUT2D eigenvalue weighted by Gasteiger charge is -2.18. The quantitative estimate of drug-likeness (QED) is 0.726. The minimum absolute atomic E-state index is 0.158. The molecular weight excluding hydrogens is 396 g/mol. The number of carbonyl (C=O) groups excluding carboxylic acids is 2. The second-order valence-electron chi connectivity index (χ2n) is 7.06. The molecule has 2 heterocycles. The molecule has 0 bridgehead atoms. The summed E-state index contributed by atoms with van der Waals surface area (Å²) in [6.45, 7) is 3.28. The number of fused-ring (bicyclic) bond motifs is 2. The number of anilines is 1. The number of carbonyl (C=O) groups is 2. The van der Waals surface area contributed by atoms with E-state index in [-0.39, 0.29) is 11.7 Å². The smallest absolute Gasteiger partial charge is 0.251 e. The molecule has 2 aromatic rings. The number of nitrogens with two attached hydrogens (primary N) is 1. The van der Waals surface area contributed by atoms with Crippen molar-refractivity contribution >= 4 is 39.9 Å². The van der Waals surface area contributed by atoms with Gasteiger partial charge in [-0.05, 0) is 48.9 Å². The van der Waals surface area contributed by atoms with Gasteiger partial charge in [0.05, 0.1) is 11.3 Å². The standard InChI is InChI=1S/C20H22N2O4S2/c1-11-2-4-13-16(8-11)28-20(18(13)19(21)24)22-17(23)10-27-12-3-5-14-15(9-12)26-7-6-25-14/h3,5,9,11H,2,4,6-8,10H2,1H3,(H2,21,24)(H,22,23)/t11-/m0/s1. The highest BCUT2D eigenvalue weighted by Gasteiger charge is 2.27. The van der Waals surface area contributed by atoms with Crippen molar-refractivity contribution in [3.05, 3.63) is 34.2 Å². The highest BCUT2D eigenvalue weighted by molar-refractivity contribution is 8.00. The lowest BCUT2D eigenvalue weighted by molar-refractivity contribution is -0.113.